The van der Waals surface area contributed by atoms with Gasteiger partial charge in [-0.3, -0.25) is 19.3 Å². The average molecular weight is 401 g/mol. The van der Waals surface area contributed by atoms with Crippen LogP contribution in [0.5, 0.6) is 0 Å². The number of fused-ring (bicyclic) bond motifs is 1. The predicted molar refractivity (Wildman–Crippen MR) is 113 cm³/mol. The molecule has 0 bridgehead atoms. The van der Waals surface area contributed by atoms with Gasteiger partial charge in [0.2, 0.25) is 0 Å². The summed E-state index contributed by atoms with van der Waals surface area (Å²) in [6, 6.07) is 13.8. The Bertz CT molecular complexity index is 1050. The van der Waals surface area contributed by atoms with Gasteiger partial charge in [0.15, 0.2) is 0 Å². The monoisotopic (exact) mass is 401 g/mol. The molecule has 1 aliphatic heterocycles. The van der Waals surface area contributed by atoms with Crippen molar-refractivity contribution in [2.75, 3.05) is 13.1 Å². The summed E-state index contributed by atoms with van der Waals surface area (Å²) >= 11 is 0. The third-order valence-electron chi connectivity index (χ3n) is 5.02. The van der Waals surface area contributed by atoms with E-state index in [1.54, 1.807) is 41.3 Å². The zero-order chi connectivity index (χ0) is 21.7. The van der Waals surface area contributed by atoms with Crippen LogP contribution in [0.4, 0.5) is 0 Å². The first-order chi connectivity index (χ1) is 14.5. The quantitative estimate of drug-likeness (QED) is 0.498. The van der Waals surface area contributed by atoms with E-state index in [-0.39, 0.29) is 23.3 Å². The summed E-state index contributed by atoms with van der Waals surface area (Å²) in [7, 11) is 0. The van der Waals surface area contributed by atoms with Gasteiger partial charge < -0.3 is 4.90 Å². The SMILES string of the molecule is C=CCN(Cc1cccc(C#N)c1)C(=O)c1ccc2c(c1)C(=O)N(CCCC)C2=O. The fourth-order valence-electron chi connectivity index (χ4n) is 3.46. The van der Waals surface area contributed by atoms with E-state index in [0.29, 0.717) is 36.3 Å². The topological polar surface area (TPSA) is 81.5 Å². The van der Waals surface area contributed by atoms with Gasteiger partial charge in [0, 0.05) is 25.2 Å². The van der Waals surface area contributed by atoms with Crippen molar-refractivity contribution in [3.63, 3.8) is 0 Å². The summed E-state index contributed by atoms with van der Waals surface area (Å²) in [5.41, 5.74) is 2.29. The highest BCUT2D eigenvalue weighted by molar-refractivity contribution is 6.22. The fourth-order valence-corrected chi connectivity index (χ4v) is 3.46. The van der Waals surface area contributed by atoms with Crippen molar-refractivity contribution < 1.29 is 14.4 Å². The van der Waals surface area contributed by atoms with Crippen LogP contribution in [-0.2, 0) is 6.54 Å². The van der Waals surface area contributed by atoms with Crippen molar-refractivity contribution in [1.29, 1.82) is 5.26 Å². The smallest absolute Gasteiger partial charge is 0.261 e. The standard InChI is InChI=1S/C24H23N3O3/c1-3-5-12-27-23(29)20-10-9-19(14-21(20)24(27)30)22(28)26(11-4-2)16-18-8-6-7-17(13-18)15-25/h4,6-10,13-14H,2-3,5,11-12,16H2,1H3. The number of rotatable bonds is 8. The molecule has 0 aromatic heterocycles. The largest absolute Gasteiger partial charge is 0.331 e. The number of hydrogen-bond acceptors (Lipinski definition) is 4. The predicted octanol–water partition coefficient (Wildman–Crippen LogP) is 3.78. The Hall–Kier alpha value is -3.72. The van der Waals surface area contributed by atoms with E-state index in [4.69, 9.17) is 5.26 Å². The molecule has 1 heterocycles. The number of imide groups is 1. The first kappa shape index (κ1) is 21.0. The third-order valence-corrected chi connectivity index (χ3v) is 5.02. The van der Waals surface area contributed by atoms with Crippen molar-refractivity contribution in [3.05, 3.63) is 82.9 Å². The Morgan fingerprint density at radius 1 is 1.17 bits per heavy atom. The molecule has 3 rings (SSSR count). The Labute approximate surface area is 176 Å². The first-order valence-corrected chi connectivity index (χ1v) is 9.89. The van der Waals surface area contributed by atoms with Gasteiger partial charge >= 0.3 is 0 Å². The van der Waals surface area contributed by atoms with Crippen LogP contribution in [0.1, 0.15) is 62.0 Å². The van der Waals surface area contributed by atoms with Crippen LogP contribution in [0, 0.1) is 11.3 Å². The molecule has 2 aromatic rings. The lowest BCUT2D eigenvalue weighted by atomic mass is 10.0. The molecule has 0 unspecified atom stereocenters. The molecule has 0 spiro atoms. The molecule has 3 amide bonds. The minimum Gasteiger partial charge on any atom is -0.331 e. The number of nitriles is 1. The van der Waals surface area contributed by atoms with E-state index in [1.165, 1.54) is 11.0 Å². The van der Waals surface area contributed by atoms with E-state index in [2.05, 4.69) is 12.6 Å². The molecule has 6 heteroatoms. The van der Waals surface area contributed by atoms with Crippen LogP contribution in [0.2, 0.25) is 0 Å². The Balaban J connectivity index is 1.86. The van der Waals surface area contributed by atoms with Crippen LogP contribution in [0.25, 0.3) is 0 Å². The first-order valence-electron chi connectivity index (χ1n) is 9.89. The molecule has 2 aromatic carbocycles. The molecule has 30 heavy (non-hydrogen) atoms. The van der Waals surface area contributed by atoms with Crippen molar-refractivity contribution in [3.8, 4) is 6.07 Å². The normalized spacial score (nSPS) is 12.5. The van der Waals surface area contributed by atoms with Gasteiger partial charge in [-0.05, 0) is 42.3 Å². The zero-order valence-corrected chi connectivity index (χ0v) is 16.9. The summed E-state index contributed by atoms with van der Waals surface area (Å²) in [4.78, 5) is 41.2. The molecule has 0 N–H and O–H groups in total. The van der Waals surface area contributed by atoms with Crippen LogP contribution >= 0.6 is 0 Å². The second kappa shape index (κ2) is 9.19. The van der Waals surface area contributed by atoms with Gasteiger partial charge in [-0.25, -0.2) is 0 Å². The lowest BCUT2D eigenvalue weighted by Gasteiger charge is -2.21. The van der Waals surface area contributed by atoms with Gasteiger partial charge in [-0.1, -0.05) is 31.6 Å². The van der Waals surface area contributed by atoms with Gasteiger partial charge in [-0.2, -0.15) is 5.26 Å². The number of benzene rings is 2. The molecule has 6 nitrogen and oxygen atoms in total. The second-order valence-corrected chi connectivity index (χ2v) is 7.16. The molecule has 0 radical (unpaired) electrons. The molecule has 1 aliphatic rings. The van der Waals surface area contributed by atoms with Gasteiger partial charge in [-0.15, -0.1) is 6.58 Å². The molecular weight excluding hydrogens is 378 g/mol. The maximum Gasteiger partial charge on any atom is 0.261 e. The number of amides is 3. The van der Waals surface area contributed by atoms with Crippen molar-refractivity contribution in [1.82, 2.24) is 9.80 Å². The molecule has 0 saturated carbocycles. The molecule has 0 saturated heterocycles. The summed E-state index contributed by atoms with van der Waals surface area (Å²) in [5, 5.41) is 9.09. The molecule has 152 valence electrons. The molecular formula is C24H23N3O3. The van der Waals surface area contributed by atoms with Crippen molar-refractivity contribution >= 4 is 17.7 Å². The van der Waals surface area contributed by atoms with Crippen LogP contribution in [-0.4, -0.2) is 40.6 Å². The summed E-state index contributed by atoms with van der Waals surface area (Å²) in [5.74, 6) is -0.930. The van der Waals surface area contributed by atoms with E-state index < -0.39 is 0 Å². The number of hydrogen-bond donors (Lipinski definition) is 0. The molecule has 0 fully saturated rings. The summed E-state index contributed by atoms with van der Waals surface area (Å²) < 4.78 is 0. The highest BCUT2D eigenvalue weighted by atomic mass is 16.2. The number of unbranched alkanes of at least 4 members (excludes halogenated alkanes) is 1. The second-order valence-electron chi connectivity index (χ2n) is 7.16. The van der Waals surface area contributed by atoms with E-state index in [9.17, 15) is 14.4 Å². The van der Waals surface area contributed by atoms with Crippen LogP contribution in [0.3, 0.4) is 0 Å². The number of carbonyl (C=O) groups excluding carboxylic acids is 3. The zero-order valence-electron chi connectivity index (χ0n) is 16.9. The average Bonchev–Trinajstić information content (AvgIpc) is 3.00. The maximum atomic E-state index is 13.1. The van der Waals surface area contributed by atoms with E-state index in [1.807, 2.05) is 13.0 Å². The molecule has 0 aliphatic carbocycles. The van der Waals surface area contributed by atoms with Gasteiger partial charge in [0.25, 0.3) is 17.7 Å². The van der Waals surface area contributed by atoms with E-state index >= 15 is 0 Å². The highest BCUT2D eigenvalue weighted by Crippen LogP contribution is 2.25. The highest BCUT2D eigenvalue weighted by Gasteiger charge is 2.35. The van der Waals surface area contributed by atoms with Crippen molar-refractivity contribution in [2.24, 2.45) is 0 Å². The third kappa shape index (κ3) is 4.15. The lowest BCUT2D eigenvalue weighted by molar-refractivity contribution is 0.0652. The van der Waals surface area contributed by atoms with Crippen LogP contribution < -0.4 is 0 Å². The molecule has 0 atom stereocenters. The lowest BCUT2D eigenvalue weighted by Crippen LogP contribution is -2.31. The Morgan fingerprint density at radius 2 is 1.93 bits per heavy atom. The Morgan fingerprint density at radius 3 is 2.63 bits per heavy atom. The Kier molecular flexibility index (Phi) is 6.43. The maximum absolute atomic E-state index is 13.1. The van der Waals surface area contributed by atoms with Crippen molar-refractivity contribution in [2.45, 2.75) is 26.3 Å². The minimum absolute atomic E-state index is 0.270. The van der Waals surface area contributed by atoms with E-state index in [0.717, 1.165) is 18.4 Å². The fraction of sp³-hybridized carbons (Fsp3) is 0.250. The number of nitrogens with zero attached hydrogens (tertiary/aromatic N) is 3. The summed E-state index contributed by atoms with van der Waals surface area (Å²) in [6.07, 6.45) is 3.24. The summed E-state index contributed by atoms with van der Waals surface area (Å²) in [6.45, 7) is 6.70. The van der Waals surface area contributed by atoms with Gasteiger partial charge in [0.1, 0.15) is 0 Å². The van der Waals surface area contributed by atoms with Gasteiger partial charge in [0.05, 0.1) is 22.8 Å². The minimum atomic E-state index is -0.352. The number of carbonyl (C=O) groups is 3. The van der Waals surface area contributed by atoms with Crippen LogP contribution in [0.15, 0.2) is 55.1 Å².